The largest absolute Gasteiger partial charge is 0.454 e. The molecule has 23 heavy (non-hydrogen) atoms. The van der Waals surface area contributed by atoms with Crippen LogP contribution < -0.4 is 9.47 Å². The van der Waals surface area contributed by atoms with Gasteiger partial charge in [-0.2, -0.15) is 5.26 Å². The summed E-state index contributed by atoms with van der Waals surface area (Å²) < 4.78 is 10.7. The van der Waals surface area contributed by atoms with E-state index in [1.165, 1.54) is 0 Å². The second-order valence-electron chi connectivity index (χ2n) is 5.17. The number of ether oxygens (including phenoxy) is 2. The van der Waals surface area contributed by atoms with Crippen molar-refractivity contribution in [2.75, 3.05) is 6.79 Å². The summed E-state index contributed by atoms with van der Waals surface area (Å²) in [5.74, 6) is 1.37. The van der Waals surface area contributed by atoms with Crippen molar-refractivity contribution in [3.8, 4) is 17.6 Å². The molecule has 2 heterocycles. The zero-order chi connectivity index (χ0) is 15.6. The van der Waals surface area contributed by atoms with Crippen LogP contribution in [0.2, 0.25) is 0 Å². The van der Waals surface area contributed by atoms with Crippen molar-refractivity contribution in [2.24, 2.45) is 0 Å². The van der Waals surface area contributed by atoms with Crippen molar-refractivity contribution in [2.45, 2.75) is 0 Å². The van der Waals surface area contributed by atoms with E-state index in [0.29, 0.717) is 17.1 Å². The van der Waals surface area contributed by atoms with Crippen LogP contribution in [0.1, 0.15) is 11.3 Å². The molecule has 0 unspecified atom stereocenters. The number of aromatic nitrogens is 1. The van der Waals surface area contributed by atoms with Crippen LogP contribution in [0.15, 0.2) is 54.6 Å². The summed E-state index contributed by atoms with van der Waals surface area (Å²) in [6.45, 7) is 0.219. The number of hydrogen-bond donors (Lipinski definition) is 0. The smallest absolute Gasteiger partial charge is 0.231 e. The van der Waals surface area contributed by atoms with Crippen LogP contribution in [-0.2, 0) is 0 Å². The van der Waals surface area contributed by atoms with E-state index in [2.05, 4.69) is 11.1 Å². The first-order chi connectivity index (χ1) is 11.3. The Kier molecular flexibility index (Phi) is 3.17. The molecule has 1 aliphatic rings. The molecule has 0 saturated carbocycles. The maximum atomic E-state index is 9.48. The topological polar surface area (TPSA) is 55.1 Å². The van der Waals surface area contributed by atoms with E-state index in [-0.39, 0.29) is 6.79 Å². The van der Waals surface area contributed by atoms with Gasteiger partial charge in [0, 0.05) is 5.39 Å². The van der Waals surface area contributed by atoms with Gasteiger partial charge in [0.05, 0.1) is 22.9 Å². The van der Waals surface area contributed by atoms with Crippen molar-refractivity contribution in [3.05, 3.63) is 65.9 Å². The first kappa shape index (κ1) is 13.4. The average Bonchev–Trinajstić information content (AvgIpc) is 3.07. The second-order valence-corrected chi connectivity index (χ2v) is 5.17. The molecule has 4 nitrogen and oxygen atoms in total. The molecular formula is C19H12N2O2. The van der Waals surface area contributed by atoms with Crippen molar-refractivity contribution in [3.63, 3.8) is 0 Å². The van der Waals surface area contributed by atoms with Crippen LogP contribution in [0, 0.1) is 11.3 Å². The summed E-state index contributed by atoms with van der Waals surface area (Å²) in [4.78, 5) is 4.58. The van der Waals surface area contributed by atoms with E-state index in [0.717, 1.165) is 22.2 Å². The second kappa shape index (κ2) is 5.47. The quantitative estimate of drug-likeness (QED) is 0.671. The zero-order valence-corrected chi connectivity index (χ0v) is 12.2. The summed E-state index contributed by atoms with van der Waals surface area (Å²) in [7, 11) is 0. The van der Waals surface area contributed by atoms with Crippen LogP contribution in [0.4, 0.5) is 0 Å². The molecule has 4 rings (SSSR count). The Morgan fingerprint density at radius 3 is 2.83 bits per heavy atom. The zero-order valence-electron chi connectivity index (χ0n) is 12.2. The Labute approximate surface area is 133 Å². The Hall–Kier alpha value is -3.32. The third-order valence-electron chi connectivity index (χ3n) is 3.72. The van der Waals surface area contributed by atoms with Gasteiger partial charge in [-0.05, 0) is 42.0 Å². The molecule has 0 radical (unpaired) electrons. The Bertz CT molecular complexity index is 971. The van der Waals surface area contributed by atoms with Gasteiger partial charge >= 0.3 is 0 Å². The SMILES string of the molecule is N#C/C(=C\c1ccc2ccccc2n1)c1ccc2c(c1)OCO2. The van der Waals surface area contributed by atoms with Crippen LogP contribution in [0.5, 0.6) is 11.5 Å². The molecule has 0 aliphatic carbocycles. The molecule has 1 aromatic heterocycles. The van der Waals surface area contributed by atoms with Crippen molar-refractivity contribution in [1.29, 1.82) is 5.26 Å². The number of allylic oxidation sites excluding steroid dienone is 1. The Balaban J connectivity index is 1.76. The van der Waals surface area contributed by atoms with E-state index >= 15 is 0 Å². The highest BCUT2D eigenvalue weighted by molar-refractivity contribution is 5.90. The van der Waals surface area contributed by atoms with E-state index in [1.54, 1.807) is 6.08 Å². The van der Waals surface area contributed by atoms with Crippen LogP contribution in [0.3, 0.4) is 0 Å². The van der Waals surface area contributed by atoms with E-state index in [1.807, 2.05) is 54.6 Å². The van der Waals surface area contributed by atoms with Crippen molar-refractivity contribution < 1.29 is 9.47 Å². The molecule has 4 heteroatoms. The molecular weight excluding hydrogens is 288 g/mol. The standard InChI is InChI=1S/C19H12N2O2/c20-11-15(14-6-8-18-19(10-14)23-12-22-18)9-16-7-5-13-3-1-2-4-17(13)21-16/h1-10H,12H2/b15-9+. The number of benzene rings is 2. The van der Waals surface area contributed by atoms with Gasteiger partial charge in [0.15, 0.2) is 11.5 Å². The lowest BCUT2D eigenvalue weighted by atomic mass is 10.0. The normalized spacial score (nSPS) is 13.1. The molecule has 0 saturated heterocycles. The predicted molar refractivity (Wildman–Crippen MR) is 87.8 cm³/mol. The van der Waals surface area contributed by atoms with E-state index in [9.17, 15) is 5.26 Å². The molecule has 110 valence electrons. The first-order valence-corrected chi connectivity index (χ1v) is 7.21. The number of pyridine rings is 1. The fourth-order valence-corrected chi connectivity index (χ4v) is 2.55. The van der Waals surface area contributed by atoms with Gasteiger partial charge in [-0.15, -0.1) is 0 Å². The van der Waals surface area contributed by atoms with Gasteiger partial charge < -0.3 is 9.47 Å². The summed E-state index contributed by atoms with van der Waals surface area (Å²) in [5.41, 5.74) is 2.97. The van der Waals surface area contributed by atoms with E-state index < -0.39 is 0 Å². The molecule has 0 fully saturated rings. The predicted octanol–water partition coefficient (Wildman–Crippen LogP) is 4.03. The number of fused-ring (bicyclic) bond motifs is 2. The fourth-order valence-electron chi connectivity index (χ4n) is 2.55. The number of nitriles is 1. The molecule has 0 atom stereocenters. The third-order valence-corrected chi connectivity index (χ3v) is 3.72. The minimum Gasteiger partial charge on any atom is -0.454 e. The van der Waals surface area contributed by atoms with Gasteiger partial charge in [0.1, 0.15) is 0 Å². The summed E-state index contributed by atoms with van der Waals surface area (Å²) in [6, 6.07) is 19.5. The third kappa shape index (κ3) is 2.49. The highest BCUT2D eigenvalue weighted by Crippen LogP contribution is 2.34. The lowest BCUT2D eigenvalue weighted by Crippen LogP contribution is -1.92. The van der Waals surface area contributed by atoms with Crippen LogP contribution in [-0.4, -0.2) is 11.8 Å². The monoisotopic (exact) mass is 300 g/mol. The number of rotatable bonds is 2. The Morgan fingerprint density at radius 2 is 1.91 bits per heavy atom. The minimum atomic E-state index is 0.219. The van der Waals surface area contributed by atoms with Crippen molar-refractivity contribution in [1.82, 2.24) is 4.98 Å². The number of nitrogens with zero attached hydrogens (tertiary/aromatic N) is 2. The first-order valence-electron chi connectivity index (χ1n) is 7.21. The van der Waals surface area contributed by atoms with Gasteiger partial charge in [-0.25, -0.2) is 4.98 Å². The average molecular weight is 300 g/mol. The van der Waals surface area contributed by atoms with Crippen LogP contribution in [0.25, 0.3) is 22.6 Å². The lowest BCUT2D eigenvalue weighted by molar-refractivity contribution is 0.174. The summed E-state index contributed by atoms with van der Waals surface area (Å²) in [6.07, 6.45) is 1.78. The van der Waals surface area contributed by atoms with Gasteiger partial charge in [-0.3, -0.25) is 0 Å². The molecule has 0 bridgehead atoms. The number of para-hydroxylation sites is 1. The highest BCUT2D eigenvalue weighted by atomic mass is 16.7. The maximum Gasteiger partial charge on any atom is 0.231 e. The minimum absolute atomic E-state index is 0.219. The fraction of sp³-hybridized carbons (Fsp3) is 0.0526. The van der Waals surface area contributed by atoms with Crippen LogP contribution >= 0.6 is 0 Å². The molecule has 0 amide bonds. The van der Waals surface area contributed by atoms with Crippen molar-refractivity contribution >= 4 is 22.6 Å². The molecule has 3 aromatic rings. The maximum absolute atomic E-state index is 9.48. The van der Waals surface area contributed by atoms with Gasteiger partial charge in [0.25, 0.3) is 0 Å². The molecule has 0 N–H and O–H groups in total. The van der Waals surface area contributed by atoms with E-state index in [4.69, 9.17) is 9.47 Å². The summed E-state index contributed by atoms with van der Waals surface area (Å²) in [5, 5.41) is 10.6. The van der Waals surface area contributed by atoms with Gasteiger partial charge in [-0.1, -0.05) is 24.3 Å². The highest BCUT2D eigenvalue weighted by Gasteiger charge is 2.14. The molecule has 1 aliphatic heterocycles. The lowest BCUT2D eigenvalue weighted by Gasteiger charge is -2.03. The van der Waals surface area contributed by atoms with Gasteiger partial charge in [0.2, 0.25) is 6.79 Å². The molecule has 2 aromatic carbocycles. The summed E-state index contributed by atoms with van der Waals surface area (Å²) >= 11 is 0. The number of hydrogen-bond acceptors (Lipinski definition) is 4. The Morgan fingerprint density at radius 1 is 1.04 bits per heavy atom. The molecule has 0 spiro atoms.